The number of fused-ring (bicyclic) bond motifs is 6. The van der Waals surface area contributed by atoms with Crippen molar-refractivity contribution in [1.82, 2.24) is 35.5 Å². The van der Waals surface area contributed by atoms with Crippen molar-refractivity contribution < 1.29 is 9.85 Å². The Labute approximate surface area is 211 Å². The summed E-state index contributed by atoms with van der Waals surface area (Å²) in [5, 5.41) is 40.9. The Balaban J connectivity index is 0.000000158. The van der Waals surface area contributed by atoms with Crippen LogP contribution in [0.5, 0.6) is 0 Å². The van der Waals surface area contributed by atoms with Gasteiger partial charge in [-0.05, 0) is 30.5 Å². The minimum Gasteiger partial charge on any atom is -0.312 e. The molecule has 4 aromatic rings. The molecule has 0 amide bonds. The number of hydrogen-bond acceptors (Lipinski definition) is 14. The number of anilines is 1. The second-order valence-corrected chi connectivity index (χ2v) is 8.78. The minimum absolute atomic E-state index is 0.0920. The number of rotatable bonds is 4. The van der Waals surface area contributed by atoms with E-state index in [-0.39, 0.29) is 34.1 Å². The highest BCUT2D eigenvalue weighted by molar-refractivity contribution is 5.82. The summed E-state index contributed by atoms with van der Waals surface area (Å²) in [6.07, 6.45) is 3.49. The second-order valence-electron chi connectivity index (χ2n) is 8.78. The topological polar surface area (TPSA) is 241 Å². The van der Waals surface area contributed by atoms with E-state index in [1.807, 2.05) is 13.8 Å². The van der Waals surface area contributed by atoms with Crippen molar-refractivity contribution in [3.05, 3.63) is 84.2 Å². The first kappa shape index (κ1) is 24.3. The van der Waals surface area contributed by atoms with Gasteiger partial charge in [-0.25, -0.2) is 9.97 Å². The Hall–Kier alpha value is -5.39. The maximum absolute atomic E-state index is 11.9. The van der Waals surface area contributed by atoms with Gasteiger partial charge in [-0.15, -0.1) is 10.2 Å². The third-order valence-corrected chi connectivity index (χ3v) is 5.88. The molecule has 0 aromatic carbocycles. The molecule has 18 nitrogen and oxygen atoms in total. The van der Waals surface area contributed by atoms with Crippen molar-refractivity contribution in [2.24, 2.45) is 22.0 Å². The standard InChI is InChI=1S/C12H15N7O2.C8H4N6O3/c1-7(2)6-12(13)8-4-3-5-14-10(8)18-11(15-16-17-18)9(12)19(20)21;15-6-4-2-1-3-9-7(4)13-8(10-11-12-13)5(6)14(16)17/h3-5,7H,6,13H2,1-2H3,(H,15,17);1-3H,(H,10,12). The maximum atomic E-state index is 11.9. The largest absolute Gasteiger partial charge is 0.363 e. The molecule has 18 heteroatoms. The number of nitrogens with one attached hydrogen (secondary N) is 2. The Bertz CT molecular complexity index is 1730. The number of H-pyrrole nitrogens is 1. The van der Waals surface area contributed by atoms with Gasteiger partial charge in [0.1, 0.15) is 5.54 Å². The summed E-state index contributed by atoms with van der Waals surface area (Å²) in [5.41, 5.74) is 7.04. The lowest BCUT2D eigenvalue weighted by Crippen LogP contribution is -2.50. The molecule has 2 aliphatic rings. The van der Waals surface area contributed by atoms with E-state index in [2.05, 4.69) is 41.4 Å². The molecule has 6 rings (SSSR count). The molecule has 0 bridgehead atoms. The van der Waals surface area contributed by atoms with E-state index >= 15 is 0 Å². The summed E-state index contributed by atoms with van der Waals surface area (Å²) >= 11 is 0. The van der Waals surface area contributed by atoms with Crippen LogP contribution in [-0.4, -0.2) is 39.9 Å². The first-order valence-corrected chi connectivity index (χ1v) is 11.1. The van der Waals surface area contributed by atoms with Crippen molar-refractivity contribution in [2.45, 2.75) is 25.8 Å². The molecule has 0 spiro atoms. The van der Waals surface area contributed by atoms with Gasteiger partial charge < -0.3 is 5.73 Å². The zero-order chi connectivity index (χ0) is 27.2. The lowest BCUT2D eigenvalue weighted by molar-refractivity contribution is -0.438. The predicted molar refractivity (Wildman–Crippen MR) is 130 cm³/mol. The van der Waals surface area contributed by atoms with Crippen LogP contribution >= 0.6 is 0 Å². The fourth-order valence-corrected chi connectivity index (χ4v) is 4.51. The first-order valence-electron chi connectivity index (χ1n) is 11.1. The maximum Gasteiger partial charge on any atom is 0.363 e. The molecule has 0 fully saturated rings. The van der Waals surface area contributed by atoms with Gasteiger partial charge in [0.2, 0.25) is 0 Å². The van der Waals surface area contributed by atoms with Crippen molar-refractivity contribution in [2.75, 3.05) is 5.01 Å². The smallest absolute Gasteiger partial charge is 0.312 e. The molecule has 0 saturated carbocycles. The number of tetrazole rings is 1. The first-order chi connectivity index (χ1) is 18.1. The van der Waals surface area contributed by atoms with Crippen LogP contribution in [0.4, 0.5) is 11.5 Å². The number of hydrazine groups is 1. The summed E-state index contributed by atoms with van der Waals surface area (Å²) in [6, 6.07) is 6.47. The van der Waals surface area contributed by atoms with E-state index in [0.717, 1.165) is 0 Å². The fourth-order valence-electron chi connectivity index (χ4n) is 4.51. The van der Waals surface area contributed by atoms with E-state index in [0.29, 0.717) is 17.8 Å². The van der Waals surface area contributed by atoms with Gasteiger partial charge in [0.15, 0.2) is 11.5 Å². The van der Waals surface area contributed by atoms with Gasteiger partial charge in [0, 0.05) is 18.0 Å². The third-order valence-electron chi connectivity index (χ3n) is 5.88. The number of nitrogens with two attached hydrogens (primary N) is 1. The number of aromatic amines is 1. The van der Waals surface area contributed by atoms with Gasteiger partial charge >= 0.3 is 11.4 Å². The average molecular weight is 521 g/mol. The lowest BCUT2D eigenvalue weighted by Gasteiger charge is -2.35. The van der Waals surface area contributed by atoms with Gasteiger partial charge in [0.05, 0.1) is 15.2 Å². The molecule has 38 heavy (non-hydrogen) atoms. The zero-order valence-electron chi connectivity index (χ0n) is 19.8. The summed E-state index contributed by atoms with van der Waals surface area (Å²) in [7, 11) is 0. The van der Waals surface area contributed by atoms with Crippen molar-refractivity contribution >= 4 is 28.2 Å². The highest BCUT2D eigenvalue weighted by Gasteiger charge is 2.52. The molecule has 1 unspecified atom stereocenters. The van der Waals surface area contributed by atoms with Crippen LogP contribution in [0.2, 0.25) is 0 Å². The SMILES string of the molecule is CC(C)CC1(N)C([N+](=O)[O-])=C2N=NNN2c2ncccc21.O=c1c([N+](=O)[O-])c2nn[nH]n2c2ncccc12. The van der Waals surface area contributed by atoms with Crippen LogP contribution in [-0.2, 0) is 5.54 Å². The van der Waals surface area contributed by atoms with Crippen LogP contribution in [0, 0.1) is 26.1 Å². The van der Waals surface area contributed by atoms with Gasteiger partial charge in [-0.1, -0.05) is 30.4 Å². The third kappa shape index (κ3) is 3.66. The molecule has 4 N–H and O–H groups in total. The summed E-state index contributed by atoms with van der Waals surface area (Å²) in [6.45, 7) is 3.93. The van der Waals surface area contributed by atoms with E-state index in [1.54, 1.807) is 18.3 Å². The fraction of sp³-hybridized carbons (Fsp3) is 0.250. The Morgan fingerprint density at radius 2 is 1.84 bits per heavy atom. The van der Waals surface area contributed by atoms with Gasteiger partial charge in [-0.3, -0.25) is 25.0 Å². The van der Waals surface area contributed by atoms with Crippen LogP contribution in [0.1, 0.15) is 25.8 Å². The average Bonchev–Trinajstić information content (AvgIpc) is 3.54. The number of aromatic nitrogens is 6. The summed E-state index contributed by atoms with van der Waals surface area (Å²) < 4.78 is 1.20. The highest BCUT2D eigenvalue weighted by Crippen LogP contribution is 2.45. The molecule has 2 aliphatic heterocycles. The van der Waals surface area contributed by atoms with Crippen molar-refractivity contribution in [3.8, 4) is 0 Å². The minimum atomic E-state index is -1.25. The van der Waals surface area contributed by atoms with E-state index in [9.17, 15) is 25.0 Å². The van der Waals surface area contributed by atoms with Gasteiger partial charge in [-0.2, -0.15) is 20.3 Å². The molecule has 6 heterocycles. The van der Waals surface area contributed by atoms with E-state index < -0.39 is 26.5 Å². The number of hydrogen-bond donors (Lipinski definition) is 3. The van der Waals surface area contributed by atoms with Gasteiger partial charge in [0.25, 0.3) is 16.9 Å². The Morgan fingerprint density at radius 1 is 1.11 bits per heavy atom. The molecule has 0 aliphatic carbocycles. The zero-order valence-corrected chi connectivity index (χ0v) is 19.8. The monoisotopic (exact) mass is 521 g/mol. The molecular formula is C20H19N13O5. The Kier molecular flexibility index (Phi) is 5.71. The van der Waals surface area contributed by atoms with E-state index in [1.165, 1.54) is 27.9 Å². The number of nitro groups is 2. The number of pyridine rings is 3. The Morgan fingerprint density at radius 3 is 2.55 bits per heavy atom. The second kappa shape index (κ2) is 8.92. The quantitative estimate of drug-likeness (QED) is 0.254. The summed E-state index contributed by atoms with van der Waals surface area (Å²) in [5.74, 6) is 0.747. The van der Waals surface area contributed by atoms with Crippen molar-refractivity contribution in [3.63, 3.8) is 0 Å². The molecule has 4 aromatic heterocycles. The lowest BCUT2D eigenvalue weighted by atomic mass is 9.79. The molecule has 194 valence electrons. The van der Waals surface area contributed by atoms with Crippen LogP contribution in [0.15, 0.2) is 63.3 Å². The van der Waals surface area contributed by atoms with Crippen LogP contribution in [0.3, 0.4) is 0 Å². The number of nitrogens with zero attached hydrogens (tertiary/aromatic N) is 10. The molecular weight excluding hydrogens is 502 g/mol. The highest BCUT2D eigenvalue weighted by atomic mass is 16.6. The molecule has 1 atom stereocenters. The normalized spacial score (nSPS) is 17.7. The van der Waals surface area contributed by atoms with Crippen molar-refractivity contribution in [1.29, 1.82) is 0 Å². The molecule has 0 radical (unpaired) electrons. The van der Waals surface area contributed by atoms with Crippen LogP contribution in [0.25, 0.3) is 16.7 Å². The summed E-state index contributed by atoms with van der Waals surface area (Å²) in [4.78, 5) is 41.4. The molecule has 0 saturated heterocycles. The van der Waals surface area contributed by atoms with Crippen LogP contribution < -0.4 is 21.7 Å². The predicted octanol–water partition coefficient (Wildman–Crippen LogP) is 1.31. The van der Waals surface area contributed by atoms with E-state index in [4.69, 9.17) is 5.73 Å².